The molecular formula is C18H21N3O3. The maximum Gasteiger partial charge on any atom is 0.315 e. The zero-order valence-electron chi connectivity index (χ0n) is 13.8. The predicted molar refractivity (Wildman–Crippen MR) is 92.8 cm³/mol. The fourth-order valence-electron chi connectivity index (χ4n) is 2.17. The Balaban J connectivity index is 1.81. The van der Waals surface area contributed by atoms with Crippen LogP contribution in [0.4, 0.5) is 10.5 Å². The Hall–Kier alpha value is -3.02. The predicted octanol–water partition coefficient (Wildman–Crippen LogP) is 2.65. The summed E-state index contributed by atoms with van der Waals surface area (Å²) >= 11 is 0. The number of carbonyl (C=O) groups is 2. The SMILES string of the molecule is COc1cccc(CNC(=O)NCc2cccc(NC(C)=O)c2)c1. The molecule has 0 atom stereocenters. The van der Waals surface area contributed by atoms with Crippen LogP contribution in [-0.4, -0.2) is 19.0 Å². The number of carbonyl (C=O) groups excluding carboxylic acids is 2. The third-order valence-electron chi connectivity index (χ3n) is 3.29. The van der Waals surface area contributed by atoms with Crippen molar-refractivity contribution in [3.63, 3.8) is 0 Å². The Morgan fingerprint density at radius 3 is 2.21 bits per heavy atom. The first-order chi connectivity index (χ1) is 11.6. The zero-order chi connectivity index (χ0) is 17.4. The minimum absolute atomic E-state index is 0.129. The van der Waals surface area contributed by atoms with Gasteiger partial charge in [0.15, 0.2) is 0 Å². The molecule has 126 valence electrons. The van der Waals surface area contributed by atoms with E-state index in [4.69, 9.17) is 4.74 Å². The van der Waals surface area contributed by atoms with Crippen LogP contribution in [0.5, 0.6) is 5.75 Å². The number of urea groups is 1. The summed E-state index contributed by atoms with van der Waals surface area (Å²) in [4.78, 5) is 22.9. The van der Waals surface area contributed by atoms with Crippen LogP contribution in [0.1, 0.15) is 18.1 Å². The molecular weight excluding hydrogens is 306 g/mol. The van der Waals surface area contributed by atoms with Crippen LogP contribution in [0.3, 0.4) is 0 Å². The molecule has 0 aromatic heterocycles. The van der Waals surface area contributed by atoms with Crippen LogP contribution in [0.25, 0.3) is 0 Å². The van der Waals surface area contributed by atoms with Crippen molar-refractivity contribution in [3.05, 3.63) is 59.7 Å². The van der Waals surface area contributed by atoms with Gasteiger partial charge in [-0.15, -0.1) is 0 Å². The van der Waals surface area contributed by atoms with Gasteiger partial charge in [0, 0.05) is 25.7 Å². The van der Waals surface area contributed by atoms with E-state index in [1.165, 1.54) is 6.92 Å². The Morgan fingerprint density at radius 2 is 1.58 bits per heavy atom. The average Bonchev–Trinajstić information content (AvgIpc) is 2.58. The second-order valence-corrected chi connectivity index (χ2v) is 5.27. The number of benzene rings is 2. The maximum absolute atomic E-state index is 11.9. The molecule has 24 heavy (non-hydrogen) atoms. The molecule has 3 amide bonds. The van der Waals surface area contributed by atoms with Crippen LogP contribution >= 0.6 is 0 Å². The molecule has 0 aliphatic rings. The Morgan fingerprint density at radius 1 is 0.958 bits per heavy atom. The molecule has 0 spiro atoms. The van der Waals surface area contributed by atoms with Gasteiger partial charge in [0.2, 0.25) is 5.91 Å². The monoisotopic (exact) mass is 327 g/mol. The molecule has 0 radical (unpaired) electrons. The van der Waals surface area contributed by atoms with Gasteiger partial charge in [-0.2, -0.15) is 0 Å². The van der Waals surface area contributed by atoms with Crippen molar-refractivity contribution in [2.45, 2.75) is 20.0 Å². The molecule has 0 heterocycles. The third-order valence-corrected chi connectivity index (χ3v) is 3.29. The summed E-state index contributed by atoms with van der Waals surface area (Å²) < 4.78 is 5.15. The van der Waals surface area contributed by atoms with Gasteiger partial charge in [-0.1, -0.05) is 24.3 Å². The second kappa shape index (κ2) is 8.57. The van der Waals surface area contributed by atoms with Crippen molar-refractivity contribution in [1.29, 1.82) is 0 Å². The number of amides is 3. The van der Waals surface area contributed by atoms with Gasteiger partial charge in [0.25, 0.3) is 0 Å². The van der Waals surface area contributed by atoms with E-state index < -0.39 is 0 Å². The molecule has 0 unspecified atom stereocenters. The van der Waals surface area contributed by atoms with Crippen LogP contribution in [0, 0.1) is 0 Å². The third kappa shape index (κ3) is 5.64. The molecule has 6 nitrogen and oxygen atoms in total. The maximum atomic E-state index is 11.9. The molecule has 0 aliphatic carbocycles. The minimum Gasteiger partial charge on any atom is -0.497 e. The molecule has 2 aromatic carbocycles. The summed E-state index contributed by atoms with van der Waals surface area (Å²) in [5.41, 5.74) is 2.56. The number of rotatable bonds is 6. The molecule has 3 N–H and O–H groups in total. The highest BCUT2D eigenvalue weighted by molar-refractivity contribution is 5.88. The number of anilines is 1. The number of hydrogen-bond acceptors (Lipinski definition) is 3. The van der Waals surface area contributed by atoms with Crippen molar-refractivity contribution in [3.8, 4) is 5.75 Å². The van der Waals surface area contributed by atoms with Crippen molar-refractivity contribution in [2.24, 2.45) is 0 Å². The lowest BCUT2D eigenvalue weighted by Crippen LogP contribution is -2.34. The van der Waals surface area contributed by atoms with Gasteiger partial charge in [0.05, 0.1) is 7.11 Å². The quantitative estimate of drug-likeness (QED) is 0.763. The lowest BCUT2D eigenvalue weighted by Gasteiger charge is -2.10. The van der Waals surface area contributed by atoms with Gasteiger partial charge < -0.3 is 20.7 Å². The second-order valence-electron chi connectivity index (χ2n) is 5.27. The Labute approximate surface area is 141 Å². The summed E-state index contributed by atoms with van der Waals surface area (Å²) in [5.74, 6) is 0.626. The van der Waals surface area contributed by atoms with Gasteiger partial charge in [-0.3, -0.25) is 4.79 Å². The Bertz CT molecular complexity index is 716. The van der Waals surface area contributed by atoms with Crippen molar-refractivity contribution < 1.29 is 14.3 Å². The fourth-order valence-corrected chi connectivity index (χ4v) is 2.17. The van der Waals surface area contributed by atoms with E-state index in [2.05, 4.69) is 16.0 Å². The molecule has 6 heteroatoms. The van der Waals surface area contributed by atoms with Gasteiger partial charge in [-0.25, -0.2) is 4.79 Å². The molecule has 2 rings (SSSR count). The molecule has 0 saturated heterocycles. The summed E-state index contributed by atoms with van der Waals surface area (Å²) in [6.45, 7) is 2.24. The first-order valence-electron chi connectivity index (χ1n) is 7.58. The highest BCUT2D eigenvalue weighted by Gasteiger charge is 2.03. The van der Waals surface area contributed by atoms with Gasteiger partial charge in [0.1, 0.15) is 5.75 Å². The van der Waals surface area contributed by atoms with Gasteiger partial charge >= 0.3 is 6.03 Å². The number of hydrogen-bond donors (Lipinski definition) is 3. The summed E-state index contributed by atoms with van der Waals surface area (Å²) in [6.07, 6.45) is 0. The van der Waals surface area contributed by atoms with Crippen molar-refractivity contribution >= 4 is 17.6 Å². The highest BCUT2D eigenvalue weighted by atomic mass is 16.5. The number of ether oxygens (including phenoxy) is 1. The van der Waals surface area contributed by atoms with Gasteiger partial charge in [-0.05, 0) is 35.4 Å². The molecule has 0 bridgehead atoms. The van der Waals surface area contributed by atoms with E-state index in [0.717, 1.165) is 16.9 Å². The normalized spacial score (nSPS) is 9.92. The van der Waals surface area contributed by atoms with E-state index in [9.17, 15) is 9.59 Å². The summed E-state index contributed by atoms with van der Waals surface area (Å²) in [5, 5.41) is 8.29. The summed E-state index contributed by atoms with van der Waals surface area (Å²) in [7, 11) is 1.61. The lowest BCUT2D eigenvalue weighted by molar-refractivity contribution is -0.114. The smallest absolute Gasteiger partial charge is 0.315 e. The lowest BCUT2D eigenvalue weighted by atomic mass is 10.2. The minimum atomic E-state index is -0.261. The van der Waals surface area contributed by atoms with Crippen molar-refractivity contribution in [2.75, 3.05) is 12.4 Å². The van der Waals surface area contributed by atoms with Crippen LogP contribution in [0.15, 0.2) is 48.5 Å². The zero-order valence-corrected chi connectivity index (χ0v) is 13.8. The topological polar surface area (TPSA) is 79.5 Å². The van der Waals surface area contributed by atoms with E-state index in [1.54, 1.807) is 13.2 Å². The number of nitrogens with one attached hydrogen (secondary N) is 3. The number of methoxy groups -OCH3 is 1. The first kappa shape index (κ1) is 17.3. The fraction of sp³-hybridized carbons (Fsp3) is 0.222. The van der Waals surface area contributed by atoms with E-state index in [1.807, 2.05) is 42.5 Å². The van der Waals surface area contributed by atoms with Crippen LogP contribution in [-0.2, 0) is 17.9 Å². The standard InChI is InChI=1S/C18H21N3O3/c1-13(22)21-16-7-3-5-14(9-16)11-19-18(23)20-12-15-6-4-8-17(10-15)24-2/h3-10H,11-12H2,1-2H3,(H,21,22)(H2,19,20,23). The van der Waals surface area contributed by atoms with Crippen LogP contribution in [0.2, 0.25) is 0 Å². The van der Waals surface area contributed by atoms with E-state index in [-0.39, 0.29) is 11.9 Å². The Kier molecular flexibility index (Phi) is 6.19. The van der Waals surface area contributed by atoms with E-state index >= 15 is 0 Å². The van der Waals surface area contributed by atoms with Crippen molar-refractivity contribution in [1.82, 2.24) is 10.6 Å². The van der Waals surface area contributed by atoms with E-state index in [0.29, 0.717) is 18.8 Å². The molecule has 0 saturated carbocycles. The highest BCUT2D eigenvalue weighted by Crippen LogP contribution is 2.12. The first-order valence-corrected chi connectivity index (χ1v) is 7.58. The molecule has 0 fully saturated rings. The molecule has 2 aromatic rings. The largest absolute Gasteiger partial charge is 0.497 e. The summed E-state index contributed by atoms with van der Waals surface area (Å²) in [6, 6.07) is 14.6. The van der Waals surface area contributed by atoms with Crippen LogP contribution < -0.4 is 20.7 Å². The molecule has 0 aliphatic heterocycles. The average molecular weight is 327 g/mol.